The van der Waals surface area contributed by atoms with E-state index in [1.54, 1.807) is 37.8 Å². The lowest BCUT2D eigenvalue weighted by molar-refractivity contribution is -0.116. The lowest BCUT2D eigenvalue weighted by Gasteiger charge is -2.26. The summed E-state index contributed by atoms with van der Waals surface area (Å²) in [4.78, 5) is 36.6. The van der Waals surface area contributed by atoms with Gasteiger partial charge in [0, 0.05) is 43.7 Å². The van der Waals surface area contributed by atoms with Gasteiger partial charge in [0.05, 0.1) is 31.9 Å². The number of aryl methyl sites for hydroxylation is 1. The van der Waals surface area contributed by atoms with Crippen LogP contribution < -0.4 is 10.1 Å². The van der Waals surface area contributed by atoms with Crippen molar-refractivity contribution in [2.24, 2.45) is 12.0 Å². The molecule has 190 valence electrons. The van der Waals surface area contributed by atoms with Crippen LogP contribution in [0.15, 0.2) is 41.8 Å². The zero-order valence-electron chi connectivity index (χ0n) is 21.0. The summed E-state index contributed by atoms with van der Waals surface area (Å²) in [6, 6.07) is 7.78. The van der Waals surface area contributed by atoms with Gasteiger partial charge < -0.3 is 24.3 Å². The van der Waals surface area contributed by atoms with Crippen molar-refractivity contribution < 1.29 is 19.1 Å². The number of imidazole rings is 1. The number of nitrogens with zero attached hydrogens (tertiary/aromatic N) is 4. The fourth-order valence-corrected chi connectivity index (χ4v) is 5.47. The Morgan fingerprint density at radius 2 is 2.19 bits per heavy atom. The highest BCUT2D eigenvalue weighted by Gasteiger charge is 2.28. The molecule has 10 heteroatoms. The van der Waals surface area contributed by atoms with E-state index in [9.17, 15) is 9.59 Å². The first-order chi connectivity index (χ1) is 17.4. The lowest BCUT2D eigenvalue weighted by Crippen LogP contribution is -2.36. The number of hydrogen-bond donors (Lipinski definition) is 1. The SMILES string of the molecule is CN=Cc1c(NC(=O)CC(C)c2cccc(OC)c2)sc2c1CCN(C(=O)OCc1cncn1C)C2. The number of carbonyl (C=O) groups excluding carboxylic acids is 2. The van der Waals surface area contributed by atoms with E-state index in [1.165, 1.54) is 11.3 Å². The molecule has 4 rings (SSSR count). The maximum atomic E-state index is 12.9. The molecular weight excluding hydrogens is 478 g/mol. The van der Waals surface area contributed by atoms with Gasteiger partial charge >= 0.3 is 6.09 Å². The summed E-state index contributed by atoms with van der Waals surface area (Å²) in [5.41, 5.74) is 3.91. The van der Waals surface area contributed by atoms with Crippen LogP contribution in [0.3, 0.4) is 0 Å². The van der Waals surface area contributed by atoms with Gasteiger partial charge in [0.2, 0.25) is 5.91 Å². The molecule has 1 unspecified atom stereocenters. The minimum absolute atomic E-state index is 0.0302. The number of nitrogens with one attached hydrogen (secondary N) is 1. The standard InChI is InChI=1S/C26H31N5O4S/c1-17(18-6-5-7-20(11-18)34-4)10-24(32)29-25-22(13-27-2)21-8-9-31(14-23(21)36-25)26(33)35-15-19-12-28-16-30(19)3/h5-7,11-13,16-17H,8-10,14-15H2,1-4H3,(H,29,32). The maximum Gasteiger partial charge on any atom is 0.410 e. The van der Waals surface area contributed by atoms with E-state index < -0.39 is 0 Å². The summed E-state index contributed by atoms with van der Waals surface area (Å²) >= 11 is 1.49. The molecule has 0 spiro atoms. The summed E-state index contributed by atoms with van der Waals surface area (Å²) in [5.74, 6) is 0.736. The molecule has 36 heavy (non-hydrogen) atoms. The maximum absolute atomic E-state index is 12.9. The third-order valence-electron chi connectivity index (χ3n) is 6.28. The Hall–Kier alpha value is -3.66. The average Bonchev–Trinajstić information content (AvgIpc) is 3.44. The van der Waals surface area contributed by atoms with E-state index in [2.05, 4.69) is 15.3 Å². The molecule has 1 aromatic carbocycles. The number of benzene rings is 1. The van der Waals surface area contributed by atoms with Crippen molar-refractivity contribution in [1.82, 2.24) is 14.5 Å². The first kappa shape index (κ1) is 25.4. The zero-order chi connectivity index (χ0) is 25.7. The van der Waals surface area contributed by atoms with E-state index in [0.717, 1.165) is 38.0 Å². The number of aromatic nitrogens is 2. The Morgan fingerprint density at radius 1 is 1.36 bits per heavy atom. The van der Waals surface area contributed by atoms with Crippen LogP contribution in [-0.4, -0.2) is 53.4 Å². The molecule has 1 aliphatic rings. The molecule has 0 bridgehead atoms. The number of methoxy groups -OCH3 is 1. The van der Waals surface area contributed by atoms with Crippen LogP contribution in [0, 0.1) is 0 Å². The molecule has 3 aromatic rings. The van der Waals surface area contributed by atoms with Gasteiger partial charge in [-0.05, 0) is 35.6 Å². The molecule has 2 amide bonds. The quantitative estimate of drug-likeness (QED) is 0.455. The largest absolute Gasteiger partial charge is 0.497 e. The minimum Gasteiger partial charge on any atom is -0.497 e. The predicted molar refractivity (Wildman–Crippen MR) is 140 cm³/mol. The number of amides is 2. The van der Waals surface area contributed by atoms with Crippen LogP contribution >= 0.6 is 11.3 Å². The minimum atomic E-state index is -0.362. The second-order valence-electron chi connectivity index (χ2n) is 8.79. The molecular formula is C26H31N5O4S. The van der Waals surface area contributed by atoms with Gasteiger partial charge in [-0.1, -0.05) is 19.1 Å². The fourth-order valence-electron chi connectivity index (χ4n) is 4.21. The van der Waals surface area contributed by atoms with Crippen molar-refractivity contribution in [3.8, 4) is 5.75 Å². The Labute approximate surface area is 214 Å². The van der Waals surface area contributed by atoms with Crippen LogP contribution in [-0.2, 0) is 36.2 Å². The van der Waals surface area contributed by atoms with E-state index in [-0.39, 0.29) is 24.5 Å². The van der Waals surface area contributed by atoms with Crippen molar-refractivity contribution in [2.45, 2.75) is 38.8 Å². The molecule has 0 saturated heterocycles. The van der Waals surface area contributed by atoms with Gasteiger partial charge in [-0.2, -0.15) is 0 Å². The summed E-state index contributed by atoms with van der Waals surface area (Å²) in [5, 5.41) is 3.85. The second kappa shape index (κ2) is 11.4. The van der Waals surface area contributed by atoms with Crippen LogP contribution in [0.4, 0.5) is 9.80 Å². The number of fused-ring (bicyclic) bond motifs is 1. The summed E-state index contributed by atoms with van der Waals surface area (Å²) in [6.45, 7) is 3.17. The van der Waals surface area contributed by atoms with Gasteiger partial charge in [0.1, 0.15) is 17.4 Å². The van der Waals surface area contributed by atoms with Crippen molar-refractivity contribution in [3.05, 3.63) is 64.1 Å². The Morgan fingerprint density at radius 3 is 2.92 bits per heavy atom. The van der Waals surface area contributed by atoms with Crippen LogP contribution in [0.5, 0.6) is 5.75 Å². The Kier molecular flexibility index (Phi) is 8.04. The molecule has 0 aliphatic carbocycles. The van der Waals surface area contributed by atoms with E-state index in [1.807, 2.05) is 42.8 Å². The highest BCUT2D eigenvalue weighted by atomic mass is 32.1. The van der Waals surface area contributed by atoms with Crippen LogP contribution in [0.25, 0.3) is 0 Å². The molecule has 1 aliphatic heterocycles. The smallest absolute Gasteiger partial charge is 0.410 e. The third kappa shape index (κ3) is 5.76. The Bertz CT molecular complexity index is 1270. The number of ether oxygens (including phenoxy) is 2. The van der Waals surface area contributed by atoms with Gasteiger partial charge in [0.25, 0.3) is 0 Å². The first-order valence-corrected chi connectivity index (χ1v) is 12.6. The molecule has 1 N–H and O–H groups in total. The summed E-state index contributed by atoms with van der Waals surface area (Å²) in [7, 11) is 5.21. The van der Waals surface area contributed by atoms with E-state index in [4.69, 9.17) is 9.47 Å². The molecule has 1 atom stereocenters. The van der Waals surface area contributed by atoms with E-state index >= 15 is 0 Å². The molecule has 3 heterocycles. The molecule has 0 saturated carbocycles. The highest BCUT2D eigenvalue weighted by Crippen LogP contribution is 2.37. The zero-order valence-corrected chi connectivity index (χ0v) is 21.8. The van der Waals surface area contributed by atoms with Crippen LogP contribution in [0.2, 0.25) is 0 Å². The molecule has 0 radical (unpaired) electrons. The molecule has 2 aromatic heterocycles. The number of rotatable bonds is 8. The molecule has 0 fully saturated rings. The predicted octanol–water partition coefficient (Wildman–Crippen LogP) is 4.37. The Balaban J connectivity index is 1.42. The number of thiophene rings is 1. The average molecular weight is 510 g/mol. The highest BCUT2D eigenvalue weighted by molar-refractivity contribution is 7.16. The van der Waals surface area contributed by atoms with Crippen molar-refractivity contribution >= 4 is 34.6 Å². The number of anilines is 1. The first-order valence-electron chi connectivity index (χ1n) is 11.8. The topological polar surface area (TPSA) is 98.1 Å². The van der Waals surface area contributed by atoms with Crippen molar-refractivity contribution in [3.63, 3.8) is 0 Å². The third-order valence-corrected chi connectivity index (χ3v) is 7.43. The molecule has 9 nitrogen and oxygen atoms in total. The monoisotopic (exact) mass is 509 g/mol. The number of carbonyl (C=O) groups is 2. The summed E-state index contributed by atoms with van der Waals surface area (Å²) < 4.78 is 12.6. The van der Waals surface area contributed by atoms with E-state index in [0.29, 0.717) is 25.9 Å². The lowest BCUT2D eigenvalue weighted by atomic mass is 9.97. The fraction of sp³-hybridized carbons (Fsp3) is 0.385. The summed E-state index contributed by atoms with van der Waals surface area (Å²) in [6.07, 6.45) is 5.79. The number of aliphatic imine (C=N–C) groups is 1. The second-order valence-corrected chi connectivity index (χ2v) is 9.89. The van der Waals surface area contributed by atoms with Gasteiger partial charge in [-0.15, -0.1) is 11.3 Å². The van der Waals surface area contributed by atoms with Crippen LogP contribution in [0.1, 0.15) is 46.5 Å². The van der Waals surface area contributed by atoms with Crippen molar-refractivity contribution in [2.75, 3.05) is 26.0 Å². The van der Waals surface area contributed by atoms with Gasteiger partial charge in [-0.25, -0.2) is 9.78 Å². The van der Waals surface area contributed by atoms with Gasteiger partial charge in [0.15, 0.2) is 0 Å². The van der Waals surface area contributed by atoms with Crippen molar-refractivity contribution in [1.29, 1.82) is 0 Å². The van der Waals surface area contributed by atoms with Gasteiger partial charge in [-0.3, -0.25) is 9.79 Å². The number of hydrogen-bond acceptors (Lipinski definition) is 7. The normalized spacial score (nSPS) is 13.9.